The molecule has 5 heteroatoms. The lowest BCUT2D eigenvalue weighted by Crippen LogP contribution is -2.25. The first kappa shape index (κ1) is 15.6. The smallest absolute Gasteiger partial charge is 0.175 e. The second kappa shape index (κ2) is 7.86. The van der Waals surface area contributed by atoms with Crippen LogP contribution in [-0.4, -0.2) is 45.3 Å². The predicted molar refractivity (Wildman–Crippen MR) is 84.6 cm³/mol. The van der Waals surface area contributed by atoms with E-state index in [4.69, 9.17) is 9.47 Å². The third-order valence-corrected chi connectivity index (χ3v) is 4.11. The van der Waals surface area contributed by atoms with Crippen LogP contribution in [0.15, 0.2) is 16.6 Å². The van der Waals surface area contributed by atoms with Crippen molar-refractivity contribution < 1.29 is 9.47 Å². The van der Waals surface area contributed by atoms with Gasteiger partial charge in [0.1, 0.15) is 6.61 Å². The predicted octanol–water partition coefficient (Wildman–Crippen LogP) is 2.65. The van der Waals surface area contributed by atoms with E-state index in [9.17, 15) is 0 Å². The number of methoxy groups -OCH3 is 1. The number of nitrogens with one attached hydrogen (secondary N) is 1. The SMILES string of the molecule is CNCc1cc(Br)c(OCCN2CCCC2)c(OC)c1. The van der Waals surface area contributed by atoms with Gasteiger partial charge in [-0.25, -0.2) is 0 Å². The van der Waals surface area contributed by atoms with Crippen LogP contribution < -0.4 is 14.8 Å². The number of ether oxygens (including phenoxy) is 2. The Morgan fingerprint density at radius 3 is 2.70 bits per heavy atom. The van der Waals surface area contributed by atoms with E-state index in [1.165, 1.54) is 31.5 Å². The summed E-state index contributed by atoms with van der Waals surface area (Å²) in [6.45, 7) is 4.88. The van der Waals surface area contributed by atoms with Crippen LogP contribution in [0.3, 0.4) is 0 Å². The minimum atomic E-state index is 0.695. The lowest BCUT2D eigenvalue weighted by atomic mass is 10.2. The zero-order chi connectivity index (χ0) is 14.4. The van der Waals surface area contributed by atoms with Gasteiger partial charge < -0.3 is 14.8 Å². The summed E-state index contributed by atoms with van der Waals surface area (Å²) in [5.74, 6) is 1.58. The van der Waals surface area contributed by atoms with Crippen molar-refractivity contribution in [3.8, 4) is 11.5 Å². The van der Waals surface area contributed by atoms with Gasteiger partial charge in [0.15, 0.2) is 11.5 Å². The van der Waals surface area contributed by atoms with Gasteiger partial charge in [0.2, 0.25) is 0 Å². The Labute approximate surface area is 129 Å². The Balaban J connectivity index is 1.98. The molecule has 1 N–H and O–H groups in total. The number of likely N-dealkylation sites (tertiary alicyclic amines) is 1. The first-order chi connectivity index (χ1) is 9.74. The molecule has 1 heterocycles. The van der Waals surface area contributed by atoms with E-state index in [0.29, 0.717) is 6.61 Å². The third kappa shape index (κ3) is 4.11. The Morgan fingerprint density at radius 1 is 1.30 bits per heavy atom. The second-order valence-electron chi connectivity index (χ2n) is 5.04. The second-order valence-corrected chi connectivity index (χ2v) is 5.89. The molecule has 0 saturated carbocycles. The van der Waals surface area contributed by atoms with Crippen molar-refractivity contribution in [2.75, 3.05) is 40.4 Å². The summed E-state index contributed by atoms with van der Waals surface area (Å²) < 4.78 is 12.3. The largest absolute Gasteiger partial charge is 0.493 e. The zero-order valence-corrected chi connectivity index (χ0v) is 13.8. The van der Waals surface area contributed by atoms with Crippen molar-refractivity contribution in [3.05, 3.63) is 22.2 Å². The Morgan fingerprint density at radius 2 is 2.05 bits per heavy atom. The standard InChI is InChI=1S/C15H23BrN2O2/c1-17-11-12-9-13(16)15(14(10-12)19-2)20-8-7-18-5-3-4-6-18/h9-10,17H,3-8,11H2,1-2H3. The number of hydrogen-bond acceptors (Lipinski definition) is 4. The molecule has 1 fully saturated rings. The van der Waals surface area contributed by atoms with Crippen LogP contribution in [0.4, 0.5) is 0 Å². The Hall–Kier alpha value is -0.780. The van der Waals surface area contributed by atoms with Crippen molar-refractivity contribution in [1.29, 1.82) is 0 Å². The van der Waals surface area contributed by atoms with Gasteiger partial charge in [-0.3, -0.25) is 4.90 Å². The van der Waals surface area contributed by atoms with E-state index >= 15 is 0 Å². The van der Waals surface area contributed by atoms with Crippen molar-refractivity contribution >= 4 is 15.9 Å². The molecule has 1 aromatic rings. The van der Waals surface area contributed by atoms with Crippen LogP contribution in [-0.2, 0) is 6.54 Å². The molecule has 1 aliphatic rings. The van der Waals surface area contributed by atoms with E-state index in [-0.39, 0.29) is 0 Å². The lowest BCUT2D eigenvalue weighted by molar-refractivity contribution is 0.229. The molecule has 1 aliphatic heterocycles. The summed E-state index contributed by atoms with van der Waals surface area (Å²) in [5.41, 5.74) is 1.17. The highest BCUT2D eigenvalue weighted by Gasteiger charge is 2.14. The molecule has 112 valence electrons. The van der Waals surface area contributed by atoms with Crippen LogP contribution >= 0.6 is 15.9 Å². The third-order valence-electron chi connectivity index (χ3n) is 3.52. The highest BCUT2D eigenvalue weighted by molar-refractivity contribution is 9.10. The fourth-order valence-electron chi connectivity index (χ4n) is 2.50. The van der Waals surface area contributed by atoms with Crippen molar-refractivity contribution in [1.82, 2.24) is 10.2 Å². The zero-order valence-electron chi connectivity index (χ0n) is 12.2. The van der Waals surface area contributed by atoms with E-state index in [2.05, 4.69) is 32.2 Å². The van der Waals surface area contributed by atoms with Crippen LogP contribution in [0, 0.1) is 0 Å². The van der Waals surface area contributed by atoms with E-state index in [1.54, 1.807) is 7.11 Å². The minimum absolute atomic E-state index is 0.695. The fourth-order valence-corrected chi connectivity index (χ4v) is 3.11. The van der Waals surface area contributed by atoms with Crippen molar-refractivity contribution in [3.63, 3.8) is 0 Å². The number of halogens is 1. The average Bonchev–Trinajstić information content (AvgIpc) is 2.94. The highest BCUT2D eigenvalue weighted by Crippen LogP contribution is 2.36. The average molecular weight is 343 g/mol. The lowest BCUT2D eigenvalue weighted by Gasteiger charge is -2.17. The van der Waals surface area contributed by atoms with Gasteiger partial charge in [0, 0.05) is 13.1 Å². The molecular formula is C15H23BrN2O2. The quantitative estimate of drug-likeness (QED) is 0.825. The Bertz CT molecular complexity index is 434. The van der Waals surface area contributed by atoms with E-state index < -0.39 is 0 Å². The number of rotatable bonds is 7. The molecule has 0 atom stereocenters. The Kier molecular flexibility index (Phi) is 6.13. The number of nitrogens with zero attached hydrogens (tertiary/aromatic N) is 1. The molecule has 1 aromatic carbocycles. The maximum Gasteiger partial charge on any atom is 0.175 e. The summed E-state index contributed by atoms with van der Waals surface area (Å²) in [5, 5.41) is 3.14. The molecule has 4 nitrogen and oxygen atoms in total. The topological polar surface area (TPSA) is 33.7 Å². The summed E-state index contributed by atoms with van der Waals surface area (Å²) in [4.78, 5) is 2.44. The van der Waals surface area contributed by atoms with Crippen LogP contribution in [0.1, 0.15) is 18.4 Å². The molecule has 1 saturated heterocycles. The van der Waals surface area contributed by atoms with E-state index in [0.717, 1.165) is 29.1 Å². The summed E-state index contributed by atoms with van der Waals surface area (Å²) in [6, 6.07) is 4.09. The summed E-state index contributed by atoms with van der Waals surface area (Å²) >= 11 is 3.58. The van der Waals surface area contributed by atoms with Gasteiger partial charge in [-0.1, -0.05) is 0 Å². The fraction of sp³-hybridized carbons (Fsp3) is 0.600. The molecular weight excluding hydrogens is 320 g/mol. The van der Waals surface area contributed by atoms with Gasteiger partial charge in [-0.05, 0) is 66.6 Å². The normalized spacial score (nSPS) is 15.6. The number of benzene rings is 1. The molecule has 0 aliphatic carbocycles. The molecule has 0 radical (unpaired) electrons. The van der Waals surface area contributed by atoms with Gasteiger partial charge >= 0.3 is 0 Å². The van der Waals surface area contributed by atoms with Crippen LogP contribution in [0.5, 0.6) is 11.5 Å². The highest BCUT2D eigenvalue weighted by atomic mass is 79.9. The first-order valence-electron chi connectivity index (χ1n) is 7.10. The summed E-state index contributed by atoms with van der Waals surface area (Å²) in [7, 11) is 3.61. The minimum Gasteiger partial charge on any atom is -0.493 e. The van der Waals surface area contributed by atoms with Crippen LogP contribution in [0.25, 0.3) is 0 Å². The van der Waals surface area contributed by atoms with Crippen molar-refractivity contribution in [2.24, 2.45) is 0 Å². The van der Waals surface area contributed by atoms with Crippen LogP contribution in [0.2, 0.25) is 0 Å². The van der Waals surface area contributed by atoms with Gasteiger partial charge in [0.25, 0.3) is 0 Å². The summed E-state index contributed by atoms with van der Waals surface area (Å²) in [6.07, 6.45) is 2.62. The molecule has 2 rings (SSSR count). The molecule has 20 heavy (non-hydrogen) atoms. The van der Waals surface area contributed by atoms with Gasteiger partial charge in [-0.15, -0.1) is 0 Å². The van der Waals surface area contributed by atoms with Gasteiger partial charge in [0.05, 0.1) is 11.6 Å². The van der Waals surface area contributed by atoms with E-state index in [1.807, 2.05) is 13.1 Å². The molecule has 0 unspecified atom stereocenters. The van der Waals surface area contributed by atoms with Crippen molar-refractivity contribution in [2.45, 2.75) is 19.4 Å². The maximum absolute atomic E-state index is 5.92. The number of hydrogen-bond donors (Lipinski definition) is 1. The molecule has 0 aromatic heterocycles. The maximum atomic E-state index is 5.92. The molecule has 0 amide bonds. The molecule has 0 spiro atoms. The molecule has 0 bridgehead atoms. The monoisotopic (exact) mass is 342 g/mol. The first-order valence-corrected chi connectivity index (χ1v) is 7.90. The van der Waals surface area contributed by atoms with Gasteiger partial charge in [-0.2, -0.15) is 0 Å².